The number of rotatable bonds is 1. The van der Waals surface area contributed by atoms with E-state index < -0.39 is 15.4 Å². The summed E-state index contributed by atoms with van der Waals surface area (Å²) in [5.41, 5.74) is 1.10. The molecule has 6 heteroatoms. The second kappa shape index (κ2) is 6.44. The van der Waals surface area contributed by atoms with Gasteiger partial charge in [-0.2, -0.15) is 0 Å². The molecule has 0 heterocycles. The van der Waals surface area contributed by atoms with Crippen molar-refractivity contribution in [3.63, 3.8) is 0 Å². The summed E-state index contributed by atoms with van der Waals surface area (Å²) in [5, 5.41) is -0.740. The first-order valence-corrected chi connectivity index (χ1v) is 10.8. The number of allylic oxidation sites excluding steroid dienone is 2. The van der Waals surface area contributed by atoms with Crippen LogP contribution < -0.4 is 29.6 Å². The van der Waals surface area contributed by atoms with Crippen molar-refractivity contribution in [3.05, 3.63) is 11.6 Å². The minimum Gasteiger partial charge on any atom is -0.748 e. The van der Waals surface area contributed by atoms with E-state index in [1.807, 2.05) is 0 Å². The summed E-state index contributed by atoms with van der Waals surface area (Å²) >= 11 is 0. The van der Waals surface area contributed by atoms with Gasteiger partial charge < -0.3 is 4.55 Å². The molecule has 0 spiro atoms. The summed E-state index contributed by atoms with van der Waals surface area (Å²) in [7, 11) is -4.20. The second-order valence-corrected chi connectivity index (χ2v) is 10.7. The van der Waals surface area contributed by atoms with Gasteiger partial charge in [-0.25, -0.2) is 8.42 Å². The number of Topliss-reactive ketones (excluding diaryl/α,β-unsaturated/α-hetero) is 1. The molecule has 0 radical (unpaired) electrons. The first kappa shape index (κ1) is 20.1. The summed E-state index contributed by atoms with van der Waals surface area (Å²) in [4.78, 5) is 12.4. The molecule has 25 heavy (non-hydrogen) atoms. The van der Waals surface area contributed by atoms with E-state index in [0.29, 0.717) is 36.4 Å². The Morgan fingerprint density at radius 2 is 1.72 bits per heavy atom. The number of carbonyl (C=O) groups is 1. The molecule has 4 rings (SSSR count). The Morgan fingerprint density at radius 1 is 1.08 bits per heavy atom. The molecule has 4 unspecified atom stereocenters. The quantitative estimate of drug-likeness (QED) is 0.379. The van der Waals surface area contributed by atoms with Gasteiger partial charge in [0.15, 0.2) is 0 Å². The molecule has 0 aliphatic heterocycles. The molecule has 134 valence electrons. The van der Waals surface area contributed by atoms with Crippen LogP contribution in [-0.4, -0.2) is 24.0 Å². The number of hydrogen-bond donors (Lipinski definition) is 0. The summed E-state index contributed by atoms with van der Waals surface area (Å²) in [6.07, 6.45) is 8.68. The van der Waals surface area contributed by atoms with Crippen LogP contribution in [0.2, 0.25) is 0 Å². The van der Waals surface area contributed by atoms with E-state index in [-0.39, 0.29) is 40.4 Å². The Balaban J connectivity index is 0.00000182. The van der Waals surface area contributed by atoms with Gasteiger partial charge in [0.2, 0.25) is 0 Å². The van der Waals surface area contributed by atoms with Gasteiger partial charge in [-0.05, 0) is 68.1 Å². The number of fused-ring (bicyclic) bond motifs is 5. The largest absolute Gasteiger partial charge is 1.00 e. The van der Waals surface area contributed by atoms with Crippen molar-refractivity contribution in [2.75, 3.05) is 0 Å². The van der Waals surface area contributed by atoms with Crippen LogP contribution in [-0.2, 0) is 14.9 Å². The topological polar surface area (TPSA) is 74.3 Å². The Bertz CT molecular complexity index is 715. The number of ketones is 1. The van der Waals surface area contributed by atoms with Crippen LogP contribution >= 0.6 is 0 Å². The Hall–Kier alpha value is 0.320. The average molecular weight is 374 g/mol. The van der Waals surface area contributed by atoms with E-state index in [0.717, 1.165) is 38.5 Å². The molecular formula is C19H27NaO4S. The zero-order chi connectivity index (χ0) is 17.3. The molecule has 0 amide bonds. The monoisotopic (exact) mass is 374 g/mol. The van der Waals surface area contributed by atoms with Crippen LogP contribution in [0.25, 0.3) is 0 Å². The maximum Gasteiger partial charge on any atom is 1.00 e. The van der Waals surface area contributed by atoms with E-state index in [4.69, 9.17) is 0 Å². The standard InChI is InChI=1S/C19H28O4S.Na/c1-18-9-7-13(24(21,22)23)11-12(18)3-4-14-15-5-6-17(20)19(15,2)10-8-16(14)18;/h3,13-16H,4-11H2,1-2H3,(H,21,22,23);/q;+1/p-1/t13?,14?,15?,16?,18-,19-;/m0./s1. The van der Waals surface area contributed by atoms with Crippen molar-refractivity contribution in [1.29, 1.82) is 0 Å². The van der Waals surface area contributed by atoms with Crippen molar-refractivity contribution in [2.24, 2.45) is 28.6 Å². The molecule has 3 saturated carbocycles. The maximum atomic E-state index is 12.4. The summed E-state index contributed by atoms with van der Waals surface area (Å²) in [6, 6.07) is 0. The predicted octanol–water partition coefficient (Wildman–Crippen LogP) is 0.436. The molecular weight excluding hydrogens is 347 g/mol. The van der Waals surface area contributed by atoms with Crippen molar-refractivity contribution in [1.82, 2.24) is 0 Å². The van der Waals surface area contributed by atoms with Gasteiger partial charge >= 0.3 is 29.6 Å². The van der Waals surface area contributed by atoms with Gasteiger partial charge in [-0.15, -0.1) is 0 Å². The van der Waals surface area contributed by atoms with Gasteiger partial charge in [0, 0.05) is 11.8 Å². The minimum atomic E-state index is -4.20. The molecule has 4 aliphatic rings. The summed E-state index contributed by atoms with van der Waals surface area (Å²) in [5.74, 6) is 2.02. The molecule has 0 aromatic rings. The van der Waals surface area contributed by atoms with Gasteiger partial charge in [0.25, 0.3) is 0 Å². The summed E-state index contributed by atoms with van der Waals surface area (Å²) in [6.45, 7) is 4.45. The molecule has 0 bridgehead atoms. The molecule has 4 aliphatic carbocycles. The first-order valence-electron chi connectivity index (χ1n) is 9.34. The van der Waals surface area contributed by atoms with E-state index >= 15 is 0 Å². The van der Waals surface area contributed by atoms with Crippen molar-refractivity contribution in [3.8, 4) is 0 Å². The Morgan fingerprint density at radius 3 is 2.40 bits per heavy atom. The second-order valence-electron chi connectivity index (χ2n) is 9.03. The van der Waals surface area contributed by atoms with Crippen molar-refractivity contribution < 1.29 is 47.3 Å². The van der Waals surface area contributed by atoms with Crippen molar-refractivity contribution in [2.45, 2.75) is 70.5 Å². The van der Waals surface area contributed by atoms with Crippen molar-refractivity contribution >= 4 is 15.9 Å². The Labute approximate surface area is 173 Å². The fraction of sp³-hybridized carbons (Fsp3) is 0.842. The van der Waals surface area contributed by atoms with E-state index in [2.05, 4.69) is 19.9 Å². The van der Waals surface area contributed by atoms with Gasteiger partial charge in [0.1, 0.15) is 5.78 Å². The van der Waals surface area contributed by atoms with Gasteiger partial charge in [0.05, 0.1) is 15.4 Å². The maximum absolute atomic E-state index is 12.4. The zero-order valence-corrected chi connectivity index (χ0v) is 18.4. The molecule has 0 aromatic carbocycles. The van der Waals surface area contributed by atoms with Crippen LogP contribution in [0.5, 0.6) is 0 Å². The fourth-order valence-corrected chi connectivity index (χ4v) is 7.44. The molecule has 6 atom stereocenters. The smallest absolute Gasteiger partial charge is 0.748 e. The third-order valence-corrected chi connectivity index (χ3v) is 9.39. The molecule has 4 nitrogen and oxygen atoms in total. The first-order chi connectivity index (χ1) is 11.2. The SMILES string of the molecule is C[C@]12CCC(S(=O)(=O)[O-])CC1=CCC1C2CC[C@]2(C)C(=O)CCC12.[Na+]. The number of hydrogen-bond acceptors (Lipinski definition) is 4. The van der Waals surface area contributed by atoms with E-state index in [1.165, 1.54) is 5.57 Å². The van der Waals surface area contributed by atoms with Crippen LogP contribution in [0, 0.1) is 28.6 Å². The molecule has 0 saturated heterocycles. The van der Waals surface area contributed by atoms with Crippen LogP contribution in [0.1, 0.15) is 65.2 Å². The fourth-order valence-electron chi connectivity index (χ4n) is 6.64. The summed E-state index contributed by atoms with van der Waals surface area (Å²) < 4.78 is 34.4. The minimum absolute atomic E-state index is 0. The van der Waals surface area contributed by atoms with Crippen LogP contribution in [0.15, 0.2) is 11.6 Å². The normalized spacial score (nSPS) is 46.4. The van der Waals surface area contributed by atoms with Gasteiger partial charge in [-0.1, -0.05) is 25.5 Å². The predicted molar refractivity (Wildman–Crippen MR) is 90.2 cm³/mol. The van der Waals surface area contributed by atoms with Crippen LogP contribution in [0.3, 0.4) is 0 Å². The average Bonchev–Trinajstić information content (AvgIpc) is 2.81. The van der Waals surface area contributed by atoms with Gasteiger partial charge in [-0.3, -0.25) is 4.79 Å². The Kier molecular flexibility index (Phi) is 5.17. The number of carbonyl (C=O) groups excluding carboxylic acids is 1. The van der Waals surface area contributed by atoms with E-state index in [9.17, 15) is 17.8 Å². The third-order valence-electron chi connectivity index (χ3n) is 8.18. The van der Waals surface area contributed by atoms with Crippen LogP contribution in [0.4, 0.5) is 0 Å². The van der Waals surface area contributed by atoms with E-state index in [1.54, 1.807) is 0 Å². The molecule has 0 aromatic heterocycles. The molecule has 0 N–H and O–H groups in total. The molecule has 3 fully saturated rings. The third kappa shape index (κ3) is 2.93. The zero-order valence-electron chi connectivity index (χ0n) is 15.6.